The number of fused-ring (bicyclic) bond motifs is 1. The van der Waals surface area contributed by atoms with Crippen LogP contribution in [-0.2, 0) is 12.4 Å². The minimum absolute atomic E-state index is 0.00193. The molecule has 0 radical (unpaired) electrons. The molecular formula is C34H30F7N3O3S2. The molecule has 49 heavy (non-hydrogen) atoms. The number of nitrogens with one attached hydrogen (secondary N) is 2. The van der Waals surface area contributed by atoms with Crippen LogP contribution in [-0.4, -0.2) is 55.5 Å². The van der Waals surface area contributed by atoms with Gasteiger partial charge < -0.3 is 20.3 Å². The normalized spacial score (nSPS) is 16.3. The third-order valence-electron chi connectivity index (χ3n) is 9.02. The Kier molecular flexibility index (Phi) is 9.39. The summed E-state index contributed by atoms with van der Waals surface area (Å²) in [7, 11) is 1.39. The second-order valence-corrected chi connectivity index (χ2v) is 14.4. The number of carbonyl (C=O) groups excluding carboxylic acids is 2. The topological polar surface area (TPSA) is 70.7 Å². The third kappa shape index (κ3) is 7.11. The molecule has 1 saturated heterocycles. The summed E-state index contributed by atoms with van der Waals surface area (Å²) >= 11 is 2.43. The lowest BCUT2D eigenvalue weighted by Gasteiger charge is -2.59. The van der Waals surface area contributed by atoms with Gasteiger partial charge in [0.2, 0.25) is 0 Å². The van der Waals surface area contributed by atoms with Gasteiger partial charge >= 0.3 is 12.4 Å². The number of thiophene rings is 1. The number of halogens is 7. The Balaban J connectivity index is 1.29. The number of thioether (sulfide) groups is 1. The number of benzene rings is 3. The number of methoxy groups -OCH3 is 1. The zero-order valence-corrected chi connectivity index (χ0v) is 27.8. The number of nitrogens with zero attached hydrogens (tertiary/aromatic N) is 1. The van der Waals surface area contributed by atoms with Crippen LogP contribution in [0, 0.1) is 11.2 Å². The van der Waals surface area contributed by atoms with Gasteiger partial charge in [-0.1, -0.05) is 12.1 Å². The van der Waals surface area contributed by atoms with Gasteiger partial charge in [0, 0.05) is 41.2 Å². The molecular weight excluding hydrogens is 696 g/mol. The summed E-state index contributed by atoms with van der Waals surface area (Å²) < 4.78 is 99.9. The van der Waals surface area contributed by atoms with Gasteiger partial charge in [-0.2, -0.15) is 38.1 Å². The molecule has 2 aliphatic rings. The third-order valence-corrected chi connectivity index (χ3v) is 10.8. The van der Waals surface area contributed by atoms with Crippen LogP contribution in [0.3, 0.4) is 0 Å². The van der Waals surface area contributed by atoms with E-state index in [-0.39, 0.29) is 43.3 Å². The van der Waals surface area contributed by atoms with Gasteiger partial charge in [-0.25, -0.2) is 4.39 Å². The second kappa shape index (κ2) is 13.1. The van der Waals surface area contributed by atoms with E-state index < -0.39 is 46.8 Å². The van der Waals surface area contributed by atoms with Crippen LogP contribution in [0.2, 0.25) is 0 Å². The molecule has 2 fully saturated rings. The molecule has 2 heterocycles. The fourth-order valence-corrected chi connectivity index (χ4v) is 8.20. The Morgan fingerprint density at radius 2 is 1.69 bits per heavy atom. The molecule has 260 valence electrons. The Morgan fingerprint density at radius 1 is 0.959 bits per heavy atom. The van der Waals surface area contributed by atoms with Crippen molar-refractivity contribution < 1.29 is 45.1 Å². The summed E-state index contributed by atoms with van der Waals surface area (Å²) in [6.45, 7) is 3.12. The van der Waals surface area contributed by atoms with Gasteiger partial charge in [0.25, 0.3) is 11.8 Å². The van der Waals surface area contributed by atoms with Crippen molar-refractivity contribution in [3.8, 4) is 5.75 Å². The standard InChI is InChI=1S/C34H30F7N3O3S2/c1-47-26-8-3-18(19-14-32(15-19)16-44(17-32)9-10-48-2)11-23(26)30(45)43-28-22-6-4-20(33(36,37)38)12-27(22)49-29(28)31(46)42-21-5-7-25(35)24(13-21)34(39,40)41/h3-8,11-13,19H,9-10,14-17H2,1-2H3,(H,42,46)(H,43,45). The Bertz CT molecular complexity index is 1910. The molecule has 1 aliphatic carbocycles. The van der Waals surface area contributed by atoms with E-state index in [9.17, 15) is 40.3 Å². The molecule has 1 spiro atoms. The molecule has 0 atom stereocenters. The Hall–Kier alpha value is -3.82. The van der Waals surface area contributed by atoms with E-state index in [0.717, 1.165) is 68.1 Å². The first-order valence-corrected chi connectivity index (χ1v) is 17.3. The lowest BCUT2D eigenvalue weighted by atomic mass is 9.56. The summed E-state index contributed by atoms with van der Waals surface area (Å²) in [6.07, 6.45) is -5.73. The van der Waals surface area contributed by atoms with Crippen LogP contribution in [0.15, 0.2) is 54.6 Å². The van der Waals surface area contributed by atoms with Crippen LogP contribution in [0.5, 0.6) is 5.75 Å². The van der Waals surface area contributed by atoms with E-state index in [4.69, 9.17) is 4.74 Å². The number of ether oxygens (including phenoxy) is 1. The van der Waals surface area contributed by atoms with Gasteiger partial charge in [0.05, 0.1) is 29.5 Å². The maximum absolute atomic E-state index is 13.9. The number of hydrogen-bond acceptors (Lipinski definition) is 6. The maximum Gasteiger partial charge on any atom is 0.419 e. The predicted octanol–water partition coefficient (Wildman–Crippen LogP) is 9.13. The Labute approximate surface area is 285 Å². The molecule has 0 bridgehead atoms. The van der Waals surface area contributed by atoms with E-state index in [2.05, 4.69) is 21.8 Å². The van der Waals surface area contributed by atoms with Gasteiger partial charge in [-0.05, 0) is 78.5 Å². The smallest absolute Gasteiger partial charge is 0.419 e. The number of amides is 2. The summed E-state index contributed by atoms with van der Waals surface area (Å²) in [5.41, 5.74) is -1.81. The molecule has 4 aromatic rings. The molecule has 2 N–H and O–H groups in total. The van der Waals surface area contributed by atoms with Gasteiger partial charge in [0.1, 0.15) is 16.4 Å². The van der Waals surface area contributed by atoms with E-state index in [0.29, 0.717) is 23.5 Å². The lowest BCUT2D eigenvalue weighted by molar-refractivity contribution is -0.140. The zero-order valence-electron chi connectivity index (χ0n) is 26.2. The maximum atomic E-state index is 13.9. The van der Waals surface area contributed by atoms with E-state index in [1.54, 1.807) is 12.1 Å². The van der Waals surface area contributed by atoms with Crippen LogP contribution in [0.1, 0.15) is 55.5 Å². The number of likely N-dealkylation sites (tertiary alicyclic amines) is 1. The van der Waals surface area contributed by atoms with Crippen LogP contribution in [0.4, 0.5) is 42.1 Å². The van der Waals surface area contributed by atoms with Crippen molar-refractivity contribution in [2.45, 2.75) is 31.1 Å². The SMILES string of the molecule is COc1ccc(C2CC3(C2)CN(CCSC)C3)cc1C(=O)Nc1c(C(=O)Nc2ccc(F)c(C(F)(F)F)c2)sc2cc(C(F)(F)F)ccc12. The number of rotatable bonds is 9. The van der Waals surface area contributed by atoms with Crippen LogP contribution in [0.25, 0.3) is 10.1 Å². The largest absolute Gasteiger partial charge is 0.496 e. The molecule has 0 unspecified atom stereocenters. The summed E-state index contributed by atoms with van der Waals surface area (Å²) in [5, 5.41) is 5.02. The minimum Gasteiger partial charge on any atom is -0.496 e. The monoisotopic (exact) mass is 725 g/mol. The number of alkyl halides is 6. The number of anilines is 2. The van der Waals surface area contributed by atoms with Crippen molar-refractivity contribution in [3.05, 3.63) is 87.5 Å². The quantitative estimate of drug-likeness (QED) is 0.169. The molecule has 1 saturated carbocycles. The molecule has 1 aromatic heterocycles. The van der Waals surface area contributed by atoms with Crippen molar-refractivity contribution in [2.24, 2.45) is 5.41 Å². The molecule has 15 heteroatoms. The van der Waals surface area contributed by atoms with Crippen molar-refractivity contribution in [1.29, 1.82) is 0 Å². The highest BCUT2D eigenvalue weighted by Crippen LogP contribution is 2.56. The van der Waals surface area contributed by atoms with Crippen molar-refractivity contribution in [1.82, 2.24) is 4.90 Å². The number of hydrogen-bond donors (Lipinski definition) is 2. The van der Waals surface area contributed by atoms with E-state index in [1.165, 1.54) is 7.11 Å². The first-order chi connectivity index (χ1) is 23.1. The highest BCUT2D eigenvalue weighted by Gasteiger charge is 2.52. The van der Waals surface area contributed by atoms with E-state index in [1.807, 2.05) is 17.8 Å². The molecule has 6 rings (SSSR count). The van der Waals surface area contributed by atoms with Crippen LogP contribution < -0.4 is 15.4 Å². The first-order valence-electron chi connectivity index (χ1n) is 15.1. The summed E-state index contributed by atoms with van der Waals surface area (Å²) in [5.74, 6) is -1.73. The Morgan fingerprint density at radius 3 is 2.35 bits per heavy atom. The molecule has 1 aliphatic heterocycles. The first kappa shape index (κ1) is 35.0. The predicted molar refractivity (Wildman–Crippen MR) is 176 cm³/mol. The van der Waals surface area contributed by atoms with Crippen molar-refractivity contribution in [2.75, 3.05) is 49.4 Å². The average molecular weight is 726 g/mol. The van der Waals surface area contributed by atoms with Gasteiger partial charge in [0.15, 0.2) is 0 Å². The molecule has 2 amide bonds. The highest BCUT2D eigenvalue weighted by molar-refractivity contribution is 7.98. The van der Waals surface area contributed by atoms with Crippen molar-refractivity contribution in [3.63, 3.8) is 0 Å². The highest BCUT2D eigenvalue weighted by atomic mass is 32.2. The van der Waals surface area contributed by atoms with Gasteiger partial charge in [-0.15, -0.1) is 11.3 Å². The lowest BCUT2D eigenvalue weighted by Crippen LogP contribution is -2.61. The zero-order chi connectivity index (χ0) is 35.3. The second-order valence-electron chi connectivity index (χ2n) is 12.4. The summed E-state index contributed by atoms with van der Waals surface area (Å²) in [4.78, 5) is 29.5. The molecule has 6 nitrogen and oxygen atoms in total. The van der Waals surface area contributed by atoms with E-state index >= 15 is 0 Å². The fraction of sp³-hybridized carbons (Fsp3) is 0.353. The fourth-order valence-electron chi connectivity index (χ4n) is 6.66. The minimum atomic E-state index is -5.05. The van der Waals surface area contributed by atoms with Gasteiger partial charge in [-0.3, -0.25) is 9.59 Å². The number of carbonyl (C=O) groups is 2. The van der Waals surface area contributed by atoms with Crippen LogP contribution >= 0.6 is 23.1 Å². The van der Waals surface area contributed by atoms with Crippen molar-refractivity contribution >= 4 is 56.4 Å². The average Bonchev–Trinajstić information content (AvgIpc) is 3.37. The molecule has 3 aromatic carbocycles. The summed E-state index contributed by atoms with van der Waals surface area (Å²) in [6, 6.07) is 9.88.